The number of aromatic nitrogens is 1. The quantitative estimate of drug-likeness (QED) is 0.760. The van der Waals surface area contributed by atoms with Crippen LogP contribution in [0, 0.1) is 0 Å². The van der Waals surface area contributed by atoms with E-state index in [-0.39, 0.29) is 0 Å². The van der Waals surface area contributed by atoms with Gasteiger partial charge in [0.05, 0.1) is 5.02 Å². The van der Waals surface area contributed by atoms with Gasteiger partial charge in [-0.3, -0.25) is 0 Å². The molecule has 0 aliphatic rings. The number of benzene rings is 2. The highest BCUT2D eigenvalue weighted by molar-refractivity contribution is 6.32. The number of aryl methyl sites for hydroxylation is 1. The molecule has 0 atom stereocenters. The molecule has 1 heterocycles. The van der Waals surface area contributed by atoms with Crippen molar-refractivity contribution < 1.29 is 4.74 Å². The smallest absolute Gasteiger partial charge is 0.138 e. The number of nitrogens with zero attached hydrogens (tertiary/aromatic N) is 1. The van der Waals surface area contributed by atoms with Crippen molar-refractivity contribution in [1.29, 1.82) is 0 Å². The Morgan fingerprint density at radius 3 is 2.73 bits per heavy atom. The molecule has 3 rings (SSSR count). The average molecular weight is 315 g/mol. The largest absolute Gasteiger partial charge is 0.487 e. The third-order valence-electron chi connectivity index (χ3n) is 3.83. The summed E-state index contributed by atoms with van der Waals surface area (Å²) in [5.41, 5.74) is 9.23. The van der Waals surface area contributed by atoms with Gasteiger partial charge in [0.15, 0.2) is 0 Å². The summed E-state index contributed by atoms with van der Waals surface area (Å²) >= 11 is 6.14. The zero-order valence-corrected chi connectivity index (χ0v) is 13.3. The minimum Gasteiger partial charge on any atom is -0.487 e. The van der Waals surface area contributed by atoms with E-state index in [1.165, 1.54) is 10.9 Å². The summed E-state index contributed by atoms with van der Waals surface area (Å²) in [4.78, 5) is 0. The molecule has 3 aromatic rings. The van der Waals surface area contributed by atoms with E-state index in [0.717, 1.165) is 17.7 Å². The maximum Gasteiger partial charge on any atom is 0.138 e. The minimum absolute atomic E-state index is 0.495. The van der Waals surface area contributed by atoms with Crippen LogP contribution in [0.15, 0.2) is 48.7 Å². The minimum atomic E-state index is 0.495. The van der Waals surface area contributed by atoms with Gasteiger partial charge in [-0.2, -0.15) is 0 Å². The second kappa shape index (κ2) is 6.42. The molecule has 0 unspecified atom stereocenters. The van der Waals surface area contributed by atoms with Crippen LogP contribution in [0.1, 0.15) is 18.1 Å². The normalized spacial score (nSPS) is 11.0. The fraction of sp³-hybridized carbons (Fsp3) is 0.222. The van der Waals surface area contributed by atoms with E-state index in [9.17, 15) is 0 Å². The molecule has 0 saturated carbocycles. The molecule has 0 fully saturated rings. The van der Waals surface area contributed by atoms with Gasteiger partial charge >= 0.3 is 0 Å². The van der Waals surface area contributed by atoms with Gasteiger partial charge < -0.3 is 15.0 Å². The topological polar surface area (TPSA) is 40.2 Å². The number of fused-ring (bicyclic) bond motifs is 1. The van der Waals surface area contributed by atoms with Gasteiger partial charge in [0.25, 0.3) is 0 Å². The lowest BCUT2D eigenvalue weighted by Crippen LogP contribution is -1.97. The maximum atomic E-state index is 6.14. The summed E-state index contributed by atoms with van der Waals surface area (Å²) in [5.74, 6) is 0.708. The Morgan fingerprint density at radius 2 is 2.00 bits per heavy atom. The molecule has 0 aliphatic heterocycles. The molecule has 0 aliphatic carbocycles. The van der Waals surface area contributed by atoms with Crippen molar-refractivity contribution in [2.75, 3.05) is 0 Å². The van der Waals surface area contributed by atoms with Gasteiger partial charge in [-0.15, -0.1) is 0 Å². The molecule has 0 spiro atoms. The first-order valence-electron chi connectivity index (χ1n) is 7.41. The van der Waals surface area contributed by atoms with E-state index in [2.05, 4.69) is 35.9 Å². The van der Waals surface area contributed by atoms with Crippen LogP contribution >= 0.6 is 11.6 Å². The molecular weight excluding hydrogens is 296 g/mol. The summed E-state index contributed by atoms with van der Waals surface area (Å²) in [7, 11) is 0. The van der Waals surface area contributed by atoms with Crippen LogP contribution in [-0.4, -0.2) is 4.57 Å². The number of para-hydroxylation sites is 1. The summed E-state index contributed by atoms with van der Waals surface area (Å²) in [6.07, 6.45) is 2.14. The van der Waals surface area contributed by atoms with Gasteiger partial charge in [-0.05, 0) is 30.7 Å². The molecule has 4 heteroatoms. The lowest BCUT2D eigenvalue weighted by atomic mass is 10.1. The molecule has 2 aromatic carbocycles. The molecule has 0 saturated heterocycles. The summed E-state index contributed by atoms with van der Waals surface area (Å²) in [5, 5.41) is 1.83. The van der Waals surface area contributed by atoms with Gasteiger partial charge in [0.1, 0.15) is 12.4 Å². The van der Waals surface area contributed by atoms with Crippen LogP contribution in [0.5, 0.6) is 5.75 Å². The standard InChI is InChI=1S/C18H19ClN2O/c1-2-21-11-14(12-22-18-6-4-3-5-16(18)19)15-8-7-13(10-20)9-17(15)21/h3-9,11H,2,10,12,20H2,1H3. The Kier molecular flexibility index (Phi) is 4.36. The van der Waals surface area contributed by atoms with Crippen LogP contribution in [0.2, 0.25) is 5.02 Å². The summed E-state index contributed by atoms with van der Waals surface area (Å²) in [6.45, 7) is 4.09. The molecule has 22 heavy (non-hydrogen) atoms. The summed E-state index contributed by atoms with van der Waals surface area (Å²) < 4.78 is 8.10. The van der Waals surface area contributed by atoms with E-state index < -0.39 is 0 Å². The Bertz CT molecular complexity index is 795. The lowest BCUT2D eigenvalue weighted by molar-refractivity contribution is 0.307. The second-order valence-corrected chi connectivity index (χ2v) is 5.62. The van der Waals surface area contributed by atoms with Crippen molar-refractivity contribution in [3.05, 3.63) is 64.8 Å². The Hall–Kier alpha value is -1.97. The molecule has 0 amide bonds. The van der Waals surface area contributed by atoms with E-state index >= 15 is 0 Å². The Morgan fingerprint density at radius 1 is 1.18 bits per heavy atom. The number of nitrogens with two attached hydrogens (primary N) is 1. The van der Waals surface area contributed by atoms with Crippen molar-refractivity contribution >= 4 is 22.5 Å². The molecule has 1 aromatic heterocycles. The highest BCUT2D eigenvalue weighted by atomic mass is 35.5. The SMILES string of the molecule is CCn1cc(COc2ccccc2Cl)c2ccc(CN)cc21. The van der Waals surface area contributed by atoms with E-state index in [0.29, 0.717) is 23.9 Å². The highest BCUT2D eigenvalue weighted by Crippen LogP contribution is 2.27. The fourth-order valence-corrected chi connectivity index (χ4v) is 2.82. The monoisotopic (exact) mass is 314 g/mol. The van der Waals surface area contributed by atoms with Gasteiger partial charge in [-0.25, -0.2) is 0 Å². The van der Waals surface area contributed by atoms with E-state index in [1.807, 2.05) is 24.3 Å². The van der Waals surface area contributed by atoms with Gasteiger partial charge in [0, 0.05) is 35.8 Å². The van der Waals surface area contributed by atoms with Crippen molar-refractivity contribution in [3.63, 3.8) is 0 Å². The molecule has 114 valence electrons. The number of hydrogen-bond acceptors (Lipinski definition) is 2. The first-order valence-corrected chi connectivity index (χ1v) is 7.78. The van der Waals surface area contributed by atoms with Crippen LogP contribution in [-0.2, 0) is 19.7 Å². The Balaban J connectivity index is 1.92. The average Bonchev–Trinajstić information content (AvgIpc) is 2.91. The number of hydrogen-bond donors (Lipinski definition) is 1. The Labute approximate surface area is 135 Å². The predicted molar refractivity (Wildman–Crippen MR) is 91.3 cm³/mol. The highest BCUT2D eigenvalue weighted by Gasteiger charge is 2.10. The van der Waals surface area contributed by atoms with Gasteiger partial charge in [-0.1, -0.05) is 35.9 Å². The zero-order chi connectivity index (χ0) is 15.5. The molecule has 0 bridgehead atoms. The third-order valence-corrected chi connectivity index (χ3v) is 4.14. The maximum absolute atomic E-state index is 6.14. The first-order chi connectivity index (χ1) is 10.7. The van der Waals surface area contributed by atoms with E-state index in [4.69, 9.17) is 22.1 Å². The van der Waals surface area contributed by atoms with Crippen molar-refractivity contribution in [3.8, 4) is 5.75 Å². The first kappa shape index (κ1) is 14.9. The molecule has 0 radical (unpaired) electrons. The van der Waals surface area contributed by atoms with Crippen molar-refractivity contribution in [2.45, 2.75) is 26.6 Å². The molecular formula is C18H19ClN2O. The predicted octanol–water partition coefficient (Wildman–Crippen LogP) is 4.35. The molecule has 2 N–H and O–H groups in total. The second-order valence-electron chi connectivity index (χ2n) is 5.22. The van der Waals surface area contributed by atoms with Crippen LogP contribution in [0.3, 0.4) is 0 Å². The van der Waals surface area contributed by atoms with Crippen molar-refractivity contribution in [2.24, 2.45) is 5.73 Å². The fourth-order valence-electron chi connectivity index (χ4n) is 2.63. The number of rotatable bonds is 5. The molecule has 3 nitrogen and oxygen atoms in total. The van der Waals surface area contributed by atoms with Crippen LogP contribution in [0.25, 0.3) is 10.9 Å². The zero-order valence-electron chi connectivity index (χ0n) is 12.6. The number of ether oxygens (including phenoxy) is 1. The van der Waals surface area contributed by atoms with Crippen molar-refractivity contribution in [1.82, 2.24) is 4.57 Å². The number of halogens is 1. The summed E-state index contributed by atoms with van der Waals surface area (Å²) in [6, 6.07) is 13.9. The lowest BCUT2D eigenvalue weighted by Gasteiger charge is -2.07. The third kappa shape index (κ3) is 2.82. The van der Waals surface area contributed by atoms with E-state index in [1.54, 1.807) is 0 Å². The van der Waals surface area contributed by atoms with Crippen LogP contribution < -0.4 is 10.5 Å². The van der Waals surface area contributed by atoms with Gasteiger partial charge in [0.2, 0.25) is 0 Å². The van der Waals surface area contributed by atoms with Crippen LogP contribution in [0.4, 0.5) is 0 Å².